The Balaban J connectivity index is 1.93. The van der Waals surface area contributed by atoms with Crippen molar-refractivity contribution in [2.24, 2.45) is 11.8 Å². The molecular formula is C19H28N2O4. The Hall–Kier alpha value is -2.11. The highest BCUT2D eigenvalue weighted by molar-refractivity contribution is 6.01. The summed E-state index contributed by atoms with van der Waals surface area (Å²) in [6, 6.07) is 0.133. The van der Waals surface area contributed by atoms with E-state index >= 15 is 0 Å². The summed E-state index contributed by atoms with van der Waals surface area (Å²) in [6.45, 7) is 8.92. The van der Waals surface area contributed by atoms with Crippen LogP contribution in [0.25, 0.3) is 0 Å². The Kier molecular flexibility index (Phi) is 6.03. The summed E-state index contributed by atoms with van der Waals surface area (Å²) in [6.07, 6.45) is 3.25. The number of hydrogen-bond acceptors (Lipinski definition) is 4. The van der Waals surface area contributed by atoms with Crippen molar-refractivity contribution < 1.29 is 19.1 Å². The monoisotopic (exact) mass is 348 g/mol. The number of ketones is 1. The molecule has 3 atom stereocenters. The first kappa shape index (κ1) is 19.2. The molecule has 0 radical (unpaired) electrons. The average molecular weight is 348 g/mol. The molecule has 1 saturated carbocycles. The van der Waals surface area contributed by atoms with E-state index in [1.807, 2.05) is 0 Å². The number of amides is 1. The normalized spacial score (nSPS) is 23.2. The number of carbonyl (C=O) groups is 3. The van der Waals surface area contributed by atoms with E-state index in [9.17, 15) is 14.4 Å². The van der Waals surface area contributed by atoms with E-state index in [-0.39, 0.29) is 30.0 Å². The molecule has 0 aliphatic heterocycles. The van der Waals surface area contributed by atoms with E-state index in [1.54, 1.807) is 13.8 Å². The zero-order valence-electron chi connectivity index (χ0n) is 15.7. The van der Waals surface area contributed by atoms with Crippen LogP contribution in [0.15, 0.2) is 0 Å². The number of aromatic nitrogens is 1. The summed E-state index contributed by atoms with van der Waals surface area (Å²) in [5.41, 5.74) is 1.92. The van der Waals surface area contributed by atoms with Crippen molar-refractivity contribution in [3.8, 4) is 0 Å². The third-order valence-corrected chi connectivity index (χ3v) is 5.38. The summed E-state index contributed by atoms with van der Waals surface area (Å²) in [5, 5.41) is 2.97. The maximum absolute atomic E-state index is 12.2. The summed E-state index contributed by atoms with van der Waals surface area (Å²) in [7, 11) is 0. The Morgan fingerprint density at radius 2 is 1.88 bits per heavy atom. The first-order valence-corrected chi connectivity index (χ1v) is 8.89. The summed E-state index contributed by atoms with van der Waals surface area (Å²) >= 11 is 0. The summed E-state index contributed by atoms with van der Waals surface area (Å²) < 4.78 is 5.13. The van der Waals surface area contributed by atoms with Crippen LogP contribution in [0.5, 0.6) is 0 Å². The first-order chi connectivity index (χ1) is 11.7. The van der Waals surface area contributed by atoms with Gasteiger partial charge in [0, 0.05) is 17.3 Å². The highest BCUT2D eigenvalue weighted by atomic mass is 16.5. The van der Waals surface area contributed by atoms with Crippen LogP contribution >= 0.6 is 0 Å². The van der Waals surface area contributed by atoms with E-state index in [2.05, 4.69) is 24.1 Å². The van der Waals surface area contributed by atoms with E-state index in [0.29, 0.717) is 28.7 Å². The number of H-pyrrole nitrogens is 1. The molecule has 6 heteroatoms. The van der Waals surface area contributed by atoms with Crippen LogP contribution in [0, 0.1) is 25.7 Å². The third-order valence-electron chi connectivity index (χ3n) is 5.38. The van der Waals surface area contributed by atoms with Gasteiger partial charge in [-0.1, -0.05) is 26.7 Å². The molecule has 1 aliphatic carbocycles. The molecule has 1 fully saturated rings. The Morgan fingerprint density at radius 1 is 1.20 bits per heavy atom. The van der Waals surface area contributed by atoms with Crippen molar-refractivity contribution in [1.82, 2.24) is 10.3 Å². The molecule has 0 bridgehead atoms. The number of ether oxygens (including phenoxy) is 1. The van der Waals surface area contributed by atoms with Crippen LogP contribution in [0.4, 0.5) is 0 Å². The molecule has 138 valence electrons. The Morgan fingerprint density at radius 3 is 2.48 bits per heavy atom. The second-order valence-electron chi connectivity index (χ2n) is 7.20. The van der Waals surface area contributed by atoms with Crippen LogP contribution in [0.2, 0.25) is 0 Å². The van der Waals surface area contributed by atoms with Gasteiger partial charge >= 0.3 is 5.97 Å². The smallest absolute Gasteiger partial charge is 0.355 e. The Bertz CT molecular complexity index is 677. The zero-order chi connectivity index (χ0) is 18.7. The number of hydrogen-bond donors (Lipinski definition) is 2. The molecule has 0 spiro atoms. The van der Waals surface area contributed by atoms with Crippen molar-refractivity contribution in [2.75, 3.05) is 6.61 Å². The van der Waals surface area contributed by atoms with Gasteiger partial charge in [0.25, 0.3) is 5.91 Å². The lowest BCUT2D eigenvalue weighted by Gasteiger charge is -2.34. The van der Waals surface area contributed by atoms with Gasteiger partial charge in [0.1, 0.15) is 5.69 Å². The second-order valence-corrected chi connectivity index (χ2v) is 7.20. The lowest BCUT2D eigenvalue weighted by Crippen LogP contribution is -2.45. The van der Waals surface area contributed by atoms with Gasteiger partial charge in [-0.05, 0) is 44.6 Å². The molecule has 1 aromatic rings. The number of aromatic amines is 1. The van der Waals surface area contributed by atoms with Gasteiger partial charge in [0.2, 0.25) is 0 Å². The molecule has 1 aliphatic rings. The predicted octanol–water partition coefficient (Wildman–Crippen LogP) is 2.93. The summed E-state index contributed by atoms with van der Waals surface area (Å²) in [5.74, 6) is -0.0141. The van der Waals surface area contributed by atoms with Crippen molar-refractivity contribution >= 4 is 17.7 Å². The van der Waals surface area contributed by atoms with Gasteiger partial charge in [-0.3, -0.25) is 9.59 Å². The molecule has 0 saturated heterocycles. The van der Waals surface area contributed by atoms with Crippen molar-refractivity contribution in [1.29, 1.82) is 0 Å². The molecule has 2 N–H and O–H groups in total. The zero-order valence-corrected chi connectivity index (χ0v) is 15.7. The molecule has 2 rings (SSSR count). The van der Waals surface area contributed by atoms with Crippen molar-refractivity contribution in [2.45, 2.75) is 59.9 Å². The molecule has 1 heterocycles. The highest BCUT2D eigenvalue weighted by Gasteiger charge is 2.28. The highest BCUT2D eigenvalue weighted by Crippen LogP contribution is 2.29. The second kappa shape index (κ2) is 7.85. The lowest BCUT2D eigenvalue weighted by atomic mass is 9.78. The van der Waals surface area contributed by atoms with Gasteiger partial charge in [-0.15, -0.1) is 0 Å². The average Bonchev–Trinajstić information content (AvgIpc) is 2.84. The number of Topliss-reactive ketones (excluding diaryl/α,β-unsaturated/α-hetero) is 1. The molecule has 0 aromatic carbocycles. The van der Waals surface area contributed by atoms with Crippen LogP contribution in [0.1, 0.15) is 72.1 Å². The molecule has 6 nitrogen and oxygen atoms in total. The van der Waals surface area contributed by atoms with Gasteiger partial charge in [-0.2, -0.15) is 0 Å². The van der Waals surface area contributed by atoms with Gasteiger partial charge < -0.3 is 15.0 Å². The minimum Gasteiger partial charge on any atom is -0.451 e. The fourth-order valence-corrected chi connectivity index (χ4v) is 3.72. The number of esters is 1. The molecular weight excluding hydrogens is 320 g/mol. The standard InChI is InChI=1S/C19H28N2O4/c1-10-7-6-8-15(11(10)2)21-16(23)9-25-19(24)18-12(3)17(14(5)22)13(4)20-18/h10-11,15,20H,6-9H2,1-5H3,(H,21,23)/t10-,11-,15+/m1/s1. The van der Waals surface area contributed by atoms with Gasteiger partial charge in [0.05, 0.1) is 0 Å². The number of nitrogens with one attached hydrogen (secondary N) is 2. The topological polar surface area (TPSA) is 88.3 Å². The number of carbonyl (C=O) groups excluding carboxylic acids is 3. The van der Waals surface area contributed by atoms with Crippen LogP contribution in [-0.2, 0) is 9.53 Å². The minimum atomic E-state index is -0.617. The van der Waals surface area contributed by atoms with E-state index < -0.39 is 5.97 Å². The quantitative estimate of drug-likeness (QED) is 0.632. The van der Waals surface area contributed by atoms with Crippen molar-refractivity contribution in [3.63, 3.8) is 0 Å². The molecule has 25 heavy (non-hydrogen) atoms. The largest absolute Gasteiger partial charge is 0.451 e. The minimum absolute atomic E-state index is 0.108. The van der Waals surface area contributed by atoms with E-state index in [4.69, 9.17) is 4.74 Å². The van der Waals surface area contributed by atoms with Gasteiger partial charge in [0.15, 0.2) is 12.4 Å². The number of rotatable bonds is 5. The van der Waals surface area contributed by atoms with Crippen LogP contribution in [0.3, 0.4) is 0 Å². The number of aryl methyl sites for hydroxylation is 1. The fraction of sp³-hybridized carbons (Fsp3) is 0.632. The van der Waals surface area contributed by atoms with Gasteiger partial charge in [-0.25, -0.2) is 4.79 Å². The lowest BCUT2D eigenvalue weighted by molar-refractivity contribution is -0.125. The van der Waals surface area contributed by atoms with Crippen LogP contribution < -0.4 is 5.32 Å². The SMILES string of the molecule is CC(=O)c1c(C)[nH]c(C(=O)OCC(=O)N[C@H]2CCC[C@@H](C)[C@H]2C)c1C. The first-order valence-electron chi connectivity index (χ1n) is 8.89. The third kappa shape index (κ3) is 4.30. The molecule has 1 amide bonds. The predicted molar refractivity (Wildman–Crippen MR) is 94.7 cm³/mol. The maximum atomic E-state index is 12.2. The van der Waals surface area contributed by atoms with E-state index in [1.165, 1.54) is 13.3 Å². The maximum Gasteiger partial charge on any atom is 0.355 e. The summed E-state index contributed by atoms with van der Waals surface area (Å²) in [4.78, 5) is 38.9. The van der Waals surface area contributed by atoms with Crippen molar-refractivity contribution in [3.05, 3.63) is 22.5 Å². The molecule has 0 unspecified atom stereocenters. The Labute approximate surface area is 148 Å². The van der Waals surface area contributed by atoms with Crippen LogP contribution in [-0.4, -0.2) is 35.3 Å². The van der Waals surface area contributed by atoms with E-state index in [0.717, 1.165) is 12.8 Å². The molecule has 1 aromatic heterocycles. The fourth-order valence-electron chi connectivity index (χ4n) is 3.72.